The molecule has 3 unspecified atom stereocenters. The highest BCUT2D eigenvalue weighted by atomic mass is 32.2. The van der Waals surface area contributed by atoms with Crippen molar-refractivity contribution in [2.24, 2.45) is 0 Å². The summed E-state index contributed by atoms with van der Waals surface area (Å²) < 4.78 is 23.3. The lowest BCUT2D eigenvalue weighted by Crippen LogP contribution is -2.51. The molecule has 0 saturated carbocycles. The zero-order valence-corrected chi connectivity index (χ0v) is 11.8. The number of nitrogens with one attached hydrogen (secondary N) is 1. The number of rotatable bonds is 2. The smallest absolute Gasteiger partial charge is 0.151 e. The lowest BCUT2D eigenvalue weighted by Gasteiger charge is -2.35. The number of piperidine rings is 1. The Balaban J connectivity index is 1.59. The Bertz CT molecular complexity index is 396. The summed E-state index contributed by atoms with van der Waals surface area (Å²) in [6.07, 6.45) is 7.02. The number of sulfone groups is 1. The van der Waals surface area contributed by atoms with Gasteiger partial charge in [0.05, 0.1) is 11.5 Å². The Morgan fingerprint density at radius 2 is 1.89 bits per heavy atom. The highest BCUT2D eigenvalue weighted by molar-refractivity contribution is 7.91. The van der Waals surface area contributed by atoms with Crippen LogP contribution >= 0.6 is 0 Å². The first-order valence-corrected chi connectivity index (χ1v) is 9.17. The number of fused-ring (bicyclic) bond motifs is 1. The molecular formula is C13H24N2O2S. The van der Waals surface area contributed by atoms with E-state index in [1.807, 2.05) is 0 Å². The van der Waals surface area contributed by atoms with E-state index >= 15 is 0 Å². The molecule has 0 aromatic rings. The van der Waals surface area contributed by atoms with Gasteiger partial charge in [-0.2, -0.15) is 0 Å². The highest BCUT2D eigenvalue weighted by Gasteiger charge is 2.37. The molecule has 3 aliphatic rings. The molecule has 3 aliphatic heterocycles. The molecule has 0 radical (unpaired) electrons. The van der Waals surface area contributed by atoms with Crippen LogP contribution in [0.2, 0.25) is 0 Å². The van der Waals surface area contributed by atoms with Gasteiger partial charge in [-0.05, 0) is 38.6 Å². The second-order valence-corrected chi connectivity index (χ2v) is 8.34. The molecule has 3 rings (SSSR count). The first-order chi connectivity index (χ1) is 8.64. The summed E-state index contributed by atoms with van der Waals surface area (Å²) in [4.78, 5) is 2.60. The van der Waals surface area contributed by atoms with Gasteiger partial charge in [-0.25, -0.2) is 8.42 Å². The summed E-state index contributed by atoms with van der Waals surface area (Å²) in [5, 5.41) is 3.65. The topological polar surface area (TPSA) is 49.4 Å². The van der Waals surface area contributed by atoms with E-state index in [0.717, 1.165) is 12.8 Å². The van der Waals surface area contributed by atoms with Gasteiger partial charge in [-0.15, -0.1) is 0 Å². The number of hydrogen-bond acceptors (Lipinski definition) is 4. The van der Waals surface area contributed by atoms with Gasteiger partial charge in [0.25, 0.3) is 0 Å². The Hall–Kier alpha value is -0.130. The van der Waals surface area contributed by atoms with Gasteiger partial charge in [-0.3, -0.25) is 4.90 Å². The van der Waals surface area contributed by atoms with Crippen LogP contribution in [0.25, 0.3) is 0 Å². The minimum atomic E-state index is -2.78. The van der Waals surface area contributed by atoms with E-state index in [2.05, 4.69) is 10.2 Å². The molecule has 0 amide bonds. The molecule has 0 spiro atoms. The zero-order chi connectivity index (χ0) is 12.6. The third kappa shape index (κ3) is 2.73. The van der Waals surface area contributed by atoms with Crippen molar-refractivity contribution in [3.63, 3.8) is 0 Å². The fourth-order valence-electron chi connectivity index (χ4n) is 3.90. The number of hydrogen-bond donors (Lipinski definition) is 1. The molecular weight excluding hydrogens is 248 g/mol. The van der Waals surface area contributed by atoms with E-state index < -0.39 is 9.84 Å². The second-order valence-electron chi connectivity index (χ2n) is 6.11. The molecule has 0 aromatic carbocycles. The molecule has 1 N–H and O–H groups in total. The third-order valence-corrected chi connectivity index (χ3v) is 6.59. The summed E-state index contributed by atoms with van der Waals surface area (Å²) in [7, 11) is -2.78. The van der Waals surface area contributed by atoms with Gasteiger partial charge in [0.2, 0.25) is 0 Å². The highest BCUT2D eigenvalue weighted by Crippen LogP contribution is 2.28. The van der Waals surface area contributed by atoms with Crippen molar-refractivity contribution in [1.82, 2.24) is 10.2 Å². The van der Waals surface area contributed by atoms with Gasteiger partial charge in [0.15, 0.2) is 9.84 Å². The third-order valence-electron chi connectivity index (χ3n) is 4.77. The van der Waals surface area contributed by atoms with Crippen molar-refractivity contribution in [3.8, 4) is 0 Å². The normalized spacial score (nSPS) is 40.6. The van der Waals surface area contributed by atoms with E-state index in [0.29, 0.717) is 23.6 Å². The van der Waals surface area contributed by atoms with E-state index in [-0.39, 0.29) is 6.04 Å². The van der Waals surface area contributed by atoms with Crippen molar-refractivity contribution in [1.29, 1.82) is 0 Å². The Morgan fingerprint density at radius 3 is 2.72 bits per heavy atom. The van der Waals surface area contributed by atoms with Crippen LogP contribution in [0.15, 0.2) is 0 Å². The molecule has 3 atom stereocenters. The van der Waals surface area contributed by atoms with Crippen LogP contribution in [0.5, 0.6) is 0 Å². The van der Waals surface area contributed by atoms with Crippen LogP contribution in [0.3, 0.4) is 0 Å². The van der Waals surface area contributed by atoms with Crippen LogP contribution in [0, 0.1) is 0 Å². The monoisotopic (exact) mass is 272 g/mol. The summed E-state index contributed by atoms with van der Waals surface area (Å²) in [5.74, 6) is 0.752. The average Bonchev–Trinajstić information content (AvgIpc) is 2.72. The quantitative estimate of drug-likeness (QED) is 0.807. The molecule has 3 heterocycles. The molecule has 3 fully saturated rings. The van der Waals surface area contributed by atoms with Crippen molar-refractivity contribution < 1.29 is 8.42 Å². The molecule has 4 nitrogen and oxygen atoms in total. The molecule has 5 heteroatoms. The maximum Gasteiger partial charge on any atom is 0.151 e. The summed E-state index contributed by atoms with van der Waals surface area (Å²) in [6, 6.07) is 1.41. The molecule has 0 aliphatic carbocycles. The van der Waals surface area contributed by atoms with Gasteiger partial charge < -0.3 is 5.32 Å². The summed E-state index contributed by atoms with van der Waals surface area (Å²) in [5.41, 5.74) is 0. The number of nitrogens with zero attached hydrogens (tertiary/aromatic N) is 1. The predicted octanol–water partition coefficient (Wildman–Crippen LogP) is 0.780. The van der Waals surface area contributed by atoms with Crippen LogP contribution in [-0.4, -0.2) is 56.0 Å². The molecule has 3 saturated heterocycles. The predicted molar refractivity (Wildman–Crippen MR) is 72.4 cm³/mol. The molecule has 104 valence electrons. The van der Waals surface area contributed by atoms with Gasteiger partial charge in [-0.1, -0.05) is 6.42 Å². The van der Waals surface area contributed by atoms with Crippen molar-refractivity contribution in [2.45, 2.75) is 56.7 Å². The van der Waals surface area contributed by atoms with Gasteiger partial charge in [0.1, 0.15) is 0 Å². The van der Waals surface area contributed by atoms with Crippen molar-refractivity contribution in [2.75, 3.05) is 24.6 Å². The summed E-state index contributed by atoms with van der Waals surface area (Å²) in [6.45, 7) is 2.44. The standard InChI is InChI=1S/C13H24N2O2S/c16-18(17)9-3-4-11(10-18)14-12-6-8-15-7-2-1-5-13(12)15/h11-14H,1-10H2. The largest absolute Gasteiger partial charge is 0.309 e. The van der Waals surface area contributed by atoms with Crippen molar-refractivity contribution in [3.05, 3.63) is 0 Å². The van der Waals surface area contributed by atoms with Gasteiger partial charge >= 0.3 is 0 Å². The van der Waals surface area contributed by atoms with Crippen molar-refractivity contribution >= 4 is 9.84 Å². The van der Waals surface area contributed by atoms with E-state index in [4.69, 9.17) is 0 Å². The minimum absolute atomic E-state index is 0.204. The maximum atomic E-state index is 11.7. The van der Waals surface area contributed by atoms with Crippen LogP contribution < -0.4 is 5.32 Å². The van der Waals surface area contributed by atoms with Gasteiger partial charge in [0, 0.05) is 24.7 Å². The van der Waals surface area contributed by atoms with E-state index in [1.165, 1.54) is 38.8 Å². The molecule has 0 bridgehead atoms. The fourth-order valence-corrected chi connectivity index (χ4v) is 5.55. The van der Waals surface area contributed by atoms with E-state index in [9.17, 15) is 8.42 Å². The fraction of sp³-hybridized carbons (Fsp3) is 1.00. The SMILES string of the molecule is O=S1(=O)CCCC(NC2CCN3CCCCC23)C1. The van der Waals surface area contributed by atoms with Crippen LogP contribution in [0.4, 0.5) is 0 Å². The Labute approximate surface area is 110 Å². The lowest BCUT2D eigenvalue weighted by atomic mass is 9.98. The van der Waals surface area contributed by atoms with Crippen LogP contribution in [0.1, 0.15) is 38.5 Å². The Kier molecular flexibility index (Phi) is 3.65. The van der Waals surface area contributed by atoms with E-state index in [1.54, 1.807) is 0 Å². The maximum absolute atomic E-state index is 11.7. The first kappa shape index (κ1) is 12.9. The first-order valence-electron chi connectivity index (χ1n) is 7.35. The Morgan fingerprint density at radius 1 is 1.00 bits per heavy atom. The van der Waals surface area contributed by atoms with Crippen LogP contribution in [-0.2, 0) is 9.84 Å². The summed E-state index contributed by atoms with van der Waals surface area (Å²) >= 11 is 0. The molecule has 0 aromatic heterocycles. The second kappa shape index (κ2) is 5.10. The zero-order valence-electron chi connectivity index (χ0n) is 11.0. The lowest BCUT2D eigenvalue weighted by molar-refractivity contribution is 0.176. The molecule has 18 heavy (non-hydrogen) atoms. The average molecular weight is 272 g/mol. The minimum Gasteiger partial charge on any atom is -0.309 e.